The average molecular weight is 195 g/mol. The van der Waals surface area contributed by atoms with Crippen LogP contribution in [0.1, 0.15) is 52.9 Å². The van der Waals surface area contributed by atoms with Gasteiger partial charge in [-0.1, -0.05) is 39.7 Å². The maximum Gasteiger partial charge on any atom is 0.0149 e. The topological polar surface area (TPSA) is 12.0 Å². The van der Waals surface area contributed by atoms with Crippen LogP contribution in [0.3, 0.4) is 0 Å². The third-order valence-corrected chi connectivity index (χ3v) is 3.18. The molecule has 0 spiro atoms. The highest BCUT2D eigenvalue weighted by atomic mass is 14.9. The van der Waals surface area contributed by atoms with E-state index in [2.05, 4.69) is 32.2 Å². The normalized spacial score (nSPS) is 23.9. The van der Waals surface area contributed by atoms with Crippen LogP contribution in [0.25, 0.3) is 0 Å². The van der Waals surface area contributed by atoms with Gasteiger partial charge >= 0.3 is 0 Å². The zero-order valence-electron chi connectivity index (χ0n) is 9.97. The van der Waals surface area contributed by atoms with Crippen molar-refractivity contribution in [3.8, 4) is 0 Å². The number of hydrogen-bond donors (Lipinski definition) is 1. The van der Waals surface area contributed by atoms with Crippen LogP contribution in [0, 0.1) is 11.8 Å². The smallest absolute Gasteiger partial charge is 0.0149 e. The summed E-state index contributed by atoms with van der Waals surface area (Å²) in [6.07, 6.45) is 9.01. The lowest BCUT2D eigenvalue weighted by Crippen LogP contribution is -2.24. The summed E-state index contributed by atoms with van der Waals surface area (Å²) in [5, 5.41) is 3.53. The first-order valence-corrected chi connectivity index (χ1v) is 6.20. The Bertz CT molecular complexity index is 184. The van der Waals surface area contributed by atoms with Gasteiger partial charge in [0.05, 0.1) is 0 Å². The van der Waals surface area contributed by atoms with Gasteiger partial charge in [0.15, 0.2) is 0 Å². The fourth-order valence-electron chi connectivity index (χ4n) is 2.28. The Hall–Kier alpha value is -0.460. The van der Waals surface area contributed by atoms with Crippen LogP contribution in [0.15, 0.2) is 11.8 Å². The minimum absolute atomic E-state index is 0.833. The lowest BCUT2D eigenvalue weighted by Gasteiger charge is -2.23. The molecule has 0 amide bonds. The van der Waals surface area contributed by atoms with Crippen LogP contribution in [-0.4, -0.2) is 6.54 Å². The van der Waals surface area contributed by atoms with E-state index in [0.29, 0.717) is 0 Å². The van der Waals surface area contributed by atoms with Crippen LogP contribution in [0.5, 0.6) is 0 Å². The van der Waals surface area contributed by atoms with E-state index >= 15 is 0 Å². The Labute approximate surface area is 89.0 Å². The third kappa shape index (κ3) is 3.73. The average Bonchev–Trinajstić information content (AvgIpc) is 2.18. The van der Waals surface area contributed by atoms with Gasteiger partial charge in [0.25, 0.3) is 0 Å². The predicted octanol–water partition coefficient (Wildman–Crippen LogP) is 3.72. The maximum absolute atomic E-state index is 3.53. The van der Waals surface area contributed by atoms with Crippen LogP contribution >= 0.6 is 0 Å². The van der Waals surface area contributed by atoms with Gasteiger partial charge in [-0.25, -0.2) is 0 Å². The molecular formula is C13H25N. The van der Waals surface area contributed by atoms with E-state index in [1.165, 1.54) is 44.3 Å². The molecule has 0 fully saturated rings. The molecule has 0 radical (unpaired) electrons. The lowest BCUT2D eigenvalue weighted by molar-refractivity contribution is 0.461. The standard InChI is InChI=1S/C13H25N/c1-4-6-11(3)9-13-10-12(5-2)7-8-14-13/h10-12,14H,4-9H2,1-3H3. The summed E-state index contributed by atoms with van der Waals surface area (Å²) in [7, 11) is 0. The van der Waals surface area contributed by atoms with Crippen molar-refractivity contribution in [2.45, 2.75) is 52.9 Å². The van der Waals surface area contributed by atoms with E-state index in [-0.39, 0.29) is 0 Å². The Balaban J connectivity index is 2.38. The molecule has 0 saturated heterocycles. The molecule has 1 nitrogen and oxygen atoms in total. The molecule has 1 N–H and O–H groups in total. The highest BCUT2D eigenvalue weighted by molar-refractivity contribution is 5.06. The van der Waals surface area contributed by atoms with Crippen LogP contribution in [0.2, 0.25) is 0 Å². The molecule has 1 heterocycles. The zero-order valence-corrected chi connectivity index (χ0v) is 9.97. The second-order valence-corrected chi connectivity index (χ2v) is 4.67. The Morgan fingerprint density at radius 3 is 2.93 bits per heavy atom. The van der Waals surface area contributed by atoms with Crippen molar-refractivity contribution in [2.24, 2.45) is 11.8 Å². The van der Waals surface area contributed by atoms with Crippen molar-refractivity contribution >= 4 is 0 Å². The molecule has 0 aliphatic carbocycles. The first kappa shape index (κ1) is 11.6. The van der Waals surface area contributed by atoms with Gasteiger partial charge in [0.2, 0.25) is 0 Å². The van der Waals surface area contributed by atoms with Crippen molar-refractivity contribution in [1.29, 1.82) is 0 Å². The van der Waals surface area contributed by atoms with Crippen molar-refractivity contribution in [2.75, 3.05) is 6.54 Å². The summed E-state index contributed by atoms with van der Waals surface area (Å²) in [5.41, 5.74) is 1.50. The minimum atomic E-state index is 0.833. The quantitative estimate of drug-likeness (QED) is 0.705. The summed E-state index contributed by atoms with van der Waals surface area (Å²) >= 11 is 0. The van der Waals surface area contributed by atoms with E-state index < -0.39 is 0 Å². The Morgan fingerprint density at radius 1 is 1.50 bits per heavy atom. The molecule has 82 valence electrons. The minimum Gasteiger partial charge on any atom is -0.389 e. The monoisotopic (exact) mass is 195 g/mol. The first-order valence-electron chi connectivity index (χ1n) is 6.20. The number of allylic oxidation sites excluding steroid dienone is 2. The summed E-state index contributed by atoms with van der Waals surface area (Å²) < 4.78 is 0. The first-order chi connectivity index (χ1) is 6.76. The Kier molecular flexibility index (Phi) is 5.06. The molecule has 0 aromatic carbocycles. The van der Waals surface area contributed by atoms with Gasteiger partial charge in [-0.15, -0.1) is 0 Å². The zero-order chi connectivity index (χ0) is 10.4. The Morgan fingerprint density at radius 2 is 2.29 bits per heavy atom. The van der Waals surface area contributed by atoms with Gasteiger partial charge in [0, 0.05) is 12.2 Å². The molecular weight excluding hydrogens is 170 g/mol. The molecule has 1 rings (SSSR count). The number of nitrogens with one attached hydrogen (secondary N) is 1. The second-order valence-electron chi connectivity index (χ2n) is 4.67. The van der Waals surface area contributed by atoms with Crippen molar-refractivity contribution in [1.82, 2.24) is 5.32 Å². The van der Waals surface area contributed by atoms with E-state index in [9.17, 15) is 0 Å². The molecule has 1 aliphatic rings. The molecule has 14 heavy (non-hydrogen) atoms. The second kappa shape index (κ2) is 6.10. The highest BCUT2D eigenvalue weighted by Crippen LogP contribution is 2.21. The van der Waals surface area contributed by atoms with Crippen LogP contribution in [-0.2, 0) is 0 Å². The fourth-order valence-corrected chi connectivity index (χ4v) is 2.28. The summed E-state index contributed by atoms with van der Waals surface area (Å²) in [5.74, 6) is 1.68. The van der Waals surface area contributed by atoms with Gasteiger partial charge in [-0.3, -0.25) is 0 Å². The predicted molar refractivity (Wildman–Crippen MR) is 63.2 cm³/mol. The van der Waals surface area contributed by atoms with E-state index in [1.54, 1.807) is 0 Å². The molecule has 0 aromatic rings. The lowest BCUT2D eigenvalue weighted by atomic mass is 9.93. The SMILES string of the molecule is CCCC(C)CC1=CC(CC)CCN1. The van der Waals surface area contributed by atoms with E-state index in [4.69, 9.17) is 0 Å². The summed E-state index contributed by atoms with van der Waals surface area (Å²) in [6.45, 7) is 8.11. The van der Waals surface area contributed by atoms with Crippen molar-refractivity contribution in [3.63, 3.8) is 0 Å². The van der Waals surface area contributed by atoms with Gasteiger partial charge in [0.1, 0.15) is 0 Å². The van der Waals surface area contributed by atoms with E-state index in [1.807, 2.05) is 0 Å². The summed E-state index contributed by atoms with van der Waals surface area (Å²) in [4.78, 5) is 0. The molecule has 2 unspecified atom stereocenters. The van der Waals surface area contributed by atoms with Crippen LogP contribution in [0.4, 0.5) is 0 Å². The fraction of sp³-hybridized carbons (Fsp3) is 0.846. The number of hydrogen-bond acceptors (Lipinski definition) is 1. The van der Waals surface area contributed by atoms with Gasteiger partial charge in [-0.05, 0) is 31.1 Å². The molecule has 1 aliphatic heterocycles. The maximum atomic E-state index is 3.53. The highest BCUT2D eigenvalue weighted by Gasteiger charge is 2.12. The molecule has 2 atom stereocenters. The van der Waals surface area contributed by atoms with Crippen molar-refractivity contribution in [3.05, 3.63) is 11.8 Å². The van der Waals surface area contributed by atoms with Crippen molar-refractivity contribution < 1.29 is 0 Å². The molecule has 0 bridgehead atoms. The molecule has 0 saturated carbocycles. The largest absolute Gasteiger partial charge is 0.389 e. The van der Waals surface area contributed by atoms with Gasteiger partial charge < -0.3 is 5.32 Å². The third-order valence-electron chi connectivity index (χ3n) is 3.18. The molecule has 1 heteroatoms. The van der Waals surface area contributed by atoms with Gasteiger partial charge in [-0.2, -0.15) is 0 Å². The van der Waals surface area contributed by atoms with E-state index in [0.717, 1.165) is 11.8 Å². The van der Waals surface area contributed by atoms with Crippen LogP contribution < -0.4 is 5.32 Å². The summed E-state index contributed by atoms with van der Waals surface area (Å²) in [6, 6.07) is 0. The number of rotatable bonds is 5. The molecule has 0 aromatic heterocycles.